The van der Waals surface area contributed by atoms with Crippen LogP contribution in [0.1, 0.15) is 18.4 Å². The first-order valence-electron chi connectivity index (χ1n) is 7.93. The first-order chi connectivity index (χ1) is 11.6. The highest BCUT2D eigenvalue weighted by Crippen LogP contribution is 2.36. The monoisotopic (exact) mass is 345 g/mol. The summed E-state index contributed by atoms with van der Waals surface area (Å²) in [6.07, 6.45) is 1.30. The number of carbonyl (C=O) groups is 1. The number of carbonyl (C=O) groups excluding carboxylic acids is 1. The van der Waals surface area contributed by atoms with Crippen molar-refractivity contribution in [3.05, 3.63) is 59.1 Å². The van der Waals surface area contributed by atoms with Crippen molar-refractivity contribution < 1.29 is 14.3 Å². The minimum absolute atomic E-state index is 0.0155. The van der Waals surface area contributed by atoms with Gasteiger partial charge in [-0.2, -0.15) is 0 Å². The molecule has 1 saturated heterocycles. The normalized spacial score (nSPS) is 16.4. The fraction of sp³-hybridized carbons (Fsp3) is 0.316. The number of ether oxygens (including phenoxy) is 2. The van der Waals surface area contributed by atoms with Gasteiger partial charge in [0, 0.05) is 23.9 Å². The van der Waals surface area contributed by atoms with Gasteiger partial charge in [-0.15, -0.1) is 0 Å². The summed E-state index contributed by atoms with van der Waals surface area (Å²) in [5.74, 6) is 0.741. The molecule has 0 aromatic heterocycles. The molecule has 0 unspecified atom stereocenters. The molecule has 5 heteroatoms. The van der Waals surface area contributed by atoms with Gasteiger partial charge < -0.3 is 14.8 Å². The molecule has 0 saturated carbocycles. The quantitative estimate of drug-likeness (QED) is 0.909. The van der Waals surface area contributed by atoms with Crippen LogP contribution in [0.5, 0.6) is 5.75 Å². The maximum Gasteiger partial charge on any atom is 0.235 e. The molecule has 2 aromatic carbocycles. The predicted molar refractivity (Wildman–Crippen MR) is 94.8 cm³/mol. The van der Waals surface area contributed by atoms with Crippen LogP contribution in [0.2, 0.25) is 5.02 Å². The summed E-state index contributed by atoms with van der Waals surface area (Å²) < 4.78 is 10.6. The van der Waals surface area contributed by atoms with Crippen molar-refractivity contribution >= 4 is 23.2 Å². The molecular formula is C19H20ClNO3. The Morgan fingerprint density at radius 1 is 1.08 bits per heavy atom. The largest absolute Gasteiger partial charge is 0.497 e. The van der Waals surface area contributed by atoms with Crippen molar-refractivity contribution in [3.63, 3.8) is 0 Å². The summed E-state index contributed by atoms with van der Waals surface area (Å²) in [5.41, 5.74) is 1.13. The van der Waals surface area contributed by atoms with E-state index in [1.165, 1.54) is 0 Å². The molecular weight excluding hydrogens is 326 g/mol. The standard InChI is InChI=1S/C19H20ClNO3/c1-23-17-8-6-16(7-9-17)21-18(22)19(10-12-24-13-11-19)14-2-4-15(20)5-3-14/h2-9H,10-13H2,1H3,(H,21,22). The first kappa shape index (κ1) is 16.8. The number of rotatable bonds is 4. The summed E-state index contributed by atoms with van der Waals surface area (Å²) in [6.45, 7) is 1.14. The number of methoxy groups -OCH3 is 1. The van der Waals surface area contributed by atoms with Gasteiger partial charge in [-0.05, 0) is 54.8 Å². The Labute approximate surface area is 146 Å². The number of anilines is 1. The Morgan fingerprint density at radius 2 is 1.71 bits per heavy atom. The molecule has 0 bridgehead atoms. The number of hydrogen-bond acceptors (Lipinski definition) is 3. The molecule has 1 fully saturated rings. The van der Waals surface area contributed by atoms with Gasteiger partial charge in [0.15, 0.2) is 0 Å². The van der Waals surface area contributed by atoms with Crippen molar-refractivity contribution in [3.8, 4) is 5.75 Å². The molecule has 4 nitrogen and oxygen atoms in total. The minimum Gasteiger partial charge on any atom is -0.497 e. The van der Waals surface area contributed by atoms with E-state index in [9.17, 15) is 4.79 Å². The summed E-state index contributed by atoms with van der Waals surface area (Å²) in [6, 6.07) is 14.9. The van der Waals surface area contributed by atoms with E-state index >= 15 is 0 Å². The predicted octanol–water partition coefficient (Wildman–Crippen LogP) is 4.04. The summed E-state index contributed by atoms with van der Waals surface area (Å²) in [4.78, 5) is 13.1. The van der Waals surface area contributed by atoms with Crippen molar-refractivity contribution in [2.45, 2.75) is 18.3 Å². The molecule has 0 radical (unpaired) electrons. The van der Waals surface area contributed by atoms with E-state index in [0.29, 0.717) is 31.1 Å². The maximum atomic E-state index is 13.1. The van der Waals surface area contributed by atoms with Crippen LogP contribution in [0.15, 0.2) is 48.5 Å². The third-order valence-electron chi connectivity index (χ3n) is 4.53. The van der Waals surface area contributed by atoms with Gasteiger partial charge in [-0.3, -0.25) is 4.79 Å². The molecule has 0 spiro atoms. The summed E-state index contributed by atoms with van der Waals surface area (Å²) in [7, 11) is 1.62. The topological polar surface area (TPSA) is 47.6 Å². The van der Waals surface area contributed by atoms with E-state index in [0.717, 1.165) is 17.0 Å². The minimum atomic E-state index is -0.594. The lowest BCUT2D eigenvalue weighted by Gasteiger charge is -2.36. The molecule has 1 heterocycles. The van der Waals surface area contributed by atoms with Crippen LogP contribution in [0.25, 0.3) is 0 Å². The van der Waals surface area contributed by atoms with Crippen molar-refractivity contribution in [1.82, 2.24) is 0 Å². The summed E-state index contributed by atoms with van der Waals surface area (Å²) >= 11 is 6.00. The summed E-state index contributed by atoms with van der Waals surface area (Å²) in [5, 5.41) is 3.70. The lowest BCUT2D eigenvalue weighted by atomic mass is 9.73. The second-order valence-electron chi connectivity index (χ2n) is 5.88. The van der Waals surface area contributed by atoms with Crippen LogP contribution in [0, 0.1) is 0 Å². The fourth-order valence-corrected chi connectivity index (χ4v) is 3.19. The van der Waals surface area contributed by atoms with Crippen LogP contribution in [0.4, 0.5) is 5.69 Å². The van der Waals surface area contributed by atoms with Crippen LogP contribution < -0.4 is 10.1 Å². The van der Waals surface area contributed by atoms with Gasteiger partial charge in [0.05, 0.1) is 12.5 Å². The molecule has 2 aromatic rings. The lowest BCUT2D eigenvalue weighted by Crippen LogP contribution is -2.44. The SMILES string of the molecule is COc1ccc(NC(=O)C2(c3ccc(Cl)cc3)CCOCC2)cc1. The second-order valence-corrected chi connectivity index (χ2v) is 6.32. The number of benzene rings is 2. The molecule has 24 heavy (non-hydrogen) atoms. The molecule has 126 valence electrons. The maximum absolute atomic E-state index is 13.1. The first-order valence-corrected chi connectivity index (χ1v) is 8.31. The van der Waals surface area contributed by atoms with Gasteiger partial charge >= 0.3 is 0 Å². The molecule has 0 atom stereocenters. The Balaban J connectivity index is 1.87. The Morgan fingerprint density at radius 3 is 2.29 bits per heavy atom. The molecule has 1 aliphatic heterocycles. The van der Waals surface area contributed by atoms with Crippen LogP contribution in [-0.4, -0.2) is 26.2 Å². The second kappa shape index (κ2) is 7.24. The number of halogens is 1. The van der Waals surface area contributed by atoms with E-state index in [1.807, 2.05) is 48.5 Å². The van der Waals surface area contributed by atoms with E-state index < -0.39 is 5.41 Å². The van der Waals surface area contributed by atoms with Gasteiger partial charge in [0.2, 0.25) is 5.91 Å². The molecule has 3 rings (SSSR count). The number of amides is 1. The van der Waals surface area contributed by atoms with E-state index in [2.05, 4.69) is 5.32 Å². The zero-order chi connectivity index (χ0) is 17.0. The van der Waals surface area contributed by atoms with Crippen LogP contribution in [0.3, 0.4) is 0 Å². The highest BCUT2D eigenvalue weighted by molar-refractivity contribution is 6.30. The Hall–Kier alpha value is -2.04. The third-order valence-corrected chi connectivity index (χ3v) is 4.78. The van der Waals surface area contributed by atoms with Gasteiger partial charge in [0.25, 0.3) is 0 Å². The van der Waals surface area contributed by atoms with E-state index in [1.54, 1.807) is 7.11 Å². The molecule has 1 N–H and O–H groups in total. The zero-order valence-electron chi connectivity index (χ0n) is 13.5. The van der Waals surface area contributed by atoms with Crippen molar-refractivity contribution in [2.24, 2.45) is 0 Å². The average molecular weight is 346 g/mol. The van der Waals surface area contributed by atoms with Gasteiger partial charge in [-0.1, -0.05) is 23.7 Å². The zero-order valence-corrected chi connectivity index (χ0v) is 14.3. The van der Waals surface area contributed by atoms with Crippen LogP contribution in [-0.2, 0) is 14.9 Å². The van der Waals surface area contributed by atoms with Crippen molar-refractivity contribution in [2.75, 3.05) is 25.6 Å². The highest BCUT2D eigenvalue weighted by atomic mass is 35.5. The van der Waals surface area contributed by atoms with Crippen LogP contribution >= 0.6 is 11.6 Å². The lowest BCUT2D eigenvalue weighted by molar-refractivity contribution is -0.125. The molecule has 0 aliphatic carbocycles. The average Bonchev–Trinajstić information content (AvgIpc) is 2.63. The van der Waals surface area contributed by atoms with Gasteiger partial charge in [-0.25, -0.2) is 0 Å². The highest BCUT2D eigenvalue weighted by Gasteiger charge is 2.41. The number of nitrogens with one attached hydrogen (secondary N) is 1. The Kier molecular flexibility index (Phi) is 5.07. The number of hydrogen-bond donors (Lipinski definition) is 1. The fourth-order valence-electron chi connectivity index (χ4n) is 3.06. The van der Waals surface area contributed by atoms with E-state index in [-0.39, 0.29) is 5.91 Å². The van der Waals surface area contributed by atoms with Crippen molar-refractivity contribution in [1.29, 1.82) is 0 Å². The smallest absolute Gasteiger partial charge is 0.235 e. The Bertz CT molecular complexity index is 692. The van der Waals surface area contributed by atoms with Gasteiger partial charge in [0.1, 0.15) is 5.75 Å². The molecule has 1 amide bonds. The van der Waals surface area contributed by atoms with E-state index in [4.69, 9.17) is 21.1 Å². The third kappa shape index (κ3) is 3.40. The molecule has 1 aliphatic rings.